The van der Waals surface area contributed by atoms with Crippen LogP contribution in [0.1, 0.15) is 48.9 Å². The number of allylic oxidation sites excluding steroid dienone is 1. The fraction of sp³-hybridized carbons (Fsp3) is 0.455. The van der Waals surface area contributed by atoms with Crippen LogP contribution >= 0.6 is 0 Å². The molecule has 0 saturated carbocycles. The smallest absolute Gasteiger partial charge is 0.257 e. The number of hydrogen-bond acceptors (Lipinski definition) is 4. The highest BCUT2D eigenvalue weighted by atomic mass is 16.1. The summed E-state index contributed by atoms with van der Waals surface area (Å²) in [6.45, 7) is 3.30. The number of anilines is 1. The molecule has 5 nitrogen and oxygen atoms in total. The molecule has 0 atom stereocenters. The van der Waals surface area contributed by atoms with Crippen LogP contribution in [-0.2, 0) is 19.5 Å². The zero-order chi connectivity index (χ0) is 18.5. The lowest BCUT2D eigenvalue weighted by atomic mass is 9.97. The number of nitrogens with one attached hydrogen (secondary N) is 2. The molecule has 5 heteroatoms. The third-order valence-electron chi connectivity index (χ3n) is 5.52. The predicted octanol–water partition coefficient (Wildman–Crippen LogP) is 3.63. The standard InChI is InChI=1S/C22H28N4O/c27-21-19-16-26(15-18-9-5-2-6-10-18)14-12-20(19)24-22(25-21)23-13-11-17-7-3-1-4-8-17/h2,5-7,9-10H,1,3-4,8,11-16H2,(H2,23,24,25,27). The molecule has 2 aromatic rings. The second-order valence-electron chi connectivity index (χ2n) is 7.57. The second kappa shape index (κ2) is 8.53. The van der Waals surface area contributed by atoms with Crippen molar-refractivity contribution in [3.63, 3.8) is 0 Å². The van der Waals surface area contributed by atoms with Crippen LogP contribution < -0.4 is 10.9 Å². The SMILES string of the molecule is O=c1[nH]c(NCCC2=CCCCC2)nc2c1CN(Cc1ccccc1)CC2. The topological polar surface area (TPSA) is 61.0 Å². The van der Waals surface area contributed by atoms with Crippen LogP contribution in [0.5, 0.6) is 0 Å². The lowest BCUT2D eigenvalue weighted by Gasteiger charge is -2.27. The first-order valence-corrected chi connectivity index (χ1v) is 10.1. The van der Waals surface area contributed by atoms with E-state index < -0.39 is 0 Å². The number of hydrogen-bond donors (Lipinski definition) is 2. The Kier molecular flexibility index (Phi) is 5.68. The number of rotatable bonds is 6. The number of H-pyrrole nitrogens is 1. The quantitative estimate of drug-likeness (QED) is 0.769. The van der Waals surface area contributed by atoms with E-state index in [2.05, 4.69) is 50.5 Å². The largest absolute Gasteiger partial charge is 0.355 e. The van der Waals surface area contributed by atoms with Crippen molar-refractivity contribution in [2.24, 2.45) is 0 Å². The molecule has 1 aromatic carbocycles. The van der Waals surface area contributed by atoms with E-state index in [1.807, 2.05) is 6.07 Å². The van der Waals surface area contributed by atoms with Gasteiger partial charge in [0.2, 0.25) is 5.95 Å². The Hall–Kier alpha value is -2.40. The molecule has 0 amide bonds. The molecule has 0 fully saturated rings. The zero-order valence-electron chi connectivity index (χ0n) is 15.8. The molecule has 1 aliphatic carbocycles. The summed E-state index contributed by atoms with van der Waals surface area (Å²) in [6, 6.07) is 10.4. The highest BCUT2D eigenvalue weighted by Gasteiger charge is 2.21. The molecule has 1 aliphatic heterocycles. The summed E-state index contributed by atoms with van der Waals surface area (Å²) >= 11 is 0. The van der Waals surface area contributed by atoms with Gasteiger partial charge < -0.3 is 5.32 Å². The van der Waals surface area contributed by atoms with E-state index in [-0.39, 0.29) is 5.56 Å². The maximum absolute atomic E-state index is 12.6. The van der Waals surface area contributed by atoms with Crippen LogP contribution in [0, 0.1) is 0 Å². The molecule has 0 radical (unpaired) electrons. The monoisotopic (exact) mass is 364 g/mol. The molecule has 0 saturated heterocycles. The van der Waals surface area contributed by atoms with Gasteiger partial charge in [0, 0.05) is 32.6 Å². The van der Waals surface area contributed by atoms with E-state index in [0.717, 1.165) is 43.7 Å². The van der Waals surface area contributed by atoms with Gasteiger partial charge in [-0.15, -0.1) is 0 Å². The maximum atomic E-state index is 12.6. The van der Waals surface area contributed by atoms with Crippen LogP contribution in [0.4, 0.5) is 5.95 Å². The van der Waals surface area contributed by atoms with Crippen molar-refractivity contribution >= 4 is 5.95 Å². The van der Waals surface area contributed by atoms with E-state index in [4.69, 9.17) is 0 Å². The molecule has 0 unspecified atom stereocenters. The summed E-state index contributed by atoms with van der Waals surface area (Å²) < 4.78 is 0. The van der Waals surface area contributed by atoms with Crippen molar-refractivity contribution in [2.45, 2.75) is 51.6 Å². The molecule has 142 valence electrons. The Morgan fingerprint density at radius 3 is 2.85 bits per heavy atom. The normalized spacial score (nSPS) is 17.3. The van der Waals surface area contributed by atoms with E-state index in [1.54, 1.807) is 0 Å². The van der Waals surface area contributed by atoms with Crippen LogP contribution in [-0.4, -0.2) is 28.0 Å². The van der Waals surface area contributed by atoms with Crippen LogP contribution in [0.25, 0.3) is 0 Å². The second-order valence-corrected chi connectivity index (χ2v) is 7.57. The van der Waals surface area contributed by atoms with Gasteiger partial charge in [0.15, 0.2) is 0 Å². The number of nitrogens with zero attached hydrogens (tertiary/aromatic N) is 2. The summed E-state index contributed by atoms with van der Waals surface area (Å²) in [6.07, 6.45) is 9.28. The summed E-state index contributed by atoms with van der Waals surface area (Å²) in [5.74, 6) is 0.617. The van der Waals surface area contributed by atoms with Gasteiger partial charge in [-0.05, 0) is 37.7 Å². The summed E-state index contributed by atoms with van der Waals surface area (Å²) in [4.78, 5) is 22.5. The Balaban J connectivity index is 1.37. The van der Waals surface area contributed by atoms with Gasteiger partial charge in [0.05, 0.1) is 11.3 Å². The summed E-state index contributed by atoms with van der Waals surface area (Å²) in [5.41, 5.74) is 4.57. The number of aromatic amines is 1. The van der Waals surface area contributed by atoms with Gasteiger partial charge in [0.1, 0.15) is 0 Å². The zero-order valence-corrected chi connectivity index (χ0v) is 15.8. The fourth-order valence-electron chi connectivity index (χ4n) is 4.01. The molecule has 4 rings (SSSR count). The van der Waals surface area contributed by atoms with E-state index in [9.17, 15) is 4.79 Å². The van der Waals surface area contributed by atoms with Crippen molar-refractivity contribution in [1.82, 2.24) is 14.9 Å². The first-order chi connectivity index (χ1) is 13.3. The van der Waals surface area contributed by atoms with Gasteiger partial charge in [-0.3, -0.25) is 14.7 Å². The van der Waals surface area contributed by atoms with Gasteiger partial charge >= 0.3 is 0 Å². The molecular formula is C22H28N4O. The molecule has 0 bridgehead atoms. The van der Waals surface area contributed by atoms with Crippen LogP contribution in [0.15, 0.2) is 46.8 Å². The number of aromatic nitrogens is 2. The average Bonchev–Trinajstić information content (AvgIpc) is 2.70. The summed E-state index contributed by atoms with van der Waals surface area (Å²) in [7, 11) is 0. The van der Waals surface area contributed by atoms with Crippen molar-refractivity contribution in [1.29, 1.82) is 0 Å². The van der Waals surface area contributed by atoms with Crippen molar-refractivity contribution in [3.05, 3.63) is 69.2 Å². The van der Waals surface area contributed by atoms with Crippen LogP contribution in [0.2, 0.25) is 0 Å². The maximum Gasteiger partial charge on any atom is 0.257 e. The van der Waals surface area contributed by atoms with E-state index in [1.165, 1.54) is 36.8 Å². The minimum atomic E-state index is -0.00264. The molecule has 2 aliphatic rings. The fourth-order valence-corrected chi connectivity index (χ4v) is 4.01. The van der Waals surface area contributed by atoms with Crippen molar-refractivity contribution in [2.75, 3.05) is 18.4 Å². The van der Waals surface area contributed by atoms with Crippen LogP contribution in [0.3, 0.4) is 0 Å². The van der Waals surface area contributed by atoms with Gasteiger partial charge in [-0.25, -0.2) is 4.98 Å². The number of benzene rings is 1. The molecule has 1 aromatic heterocycles. The first-order valence-electron chi connectivity index (χ1n) is 10.1. The first kappa shape index (κ1) is 18.0. The predicted molar refractivity (Wildman–Crippen MR) is 109 cm³/mol. The molecule has 2 N–H and O–H groups in total. The highest BCUT2D eigenvalue weighted by Crippen LogP contribution is 2.20. The highest BCUT2D eigenvalue weighted by molar-refractivity contribution is 5.31. The molecule has 0 spiro atoms. The average molecular weight is 364 g/mol. The van der Waals surface area contributed by atoms with Gasteiger partial charge in [-0.2, -0.15) is 0 Å². The molecule has 27 heavy (non-hydrogen) atoms. The van der Waals surface area contributed by atoms with Crippen molar-refractivity contribution in [3.8, 4) is 0 Å². The third kappa shape index (κ3) is 4.66. The Morgan fingerprint density at radius 1 is 1.15 bits per heavy atom. The molecule has 2 heterocycles. The lowest BCUT2D eigenvalue weighted by Crippen LogP contribution is -2.35. The summed E-state index contributed by atoms with van der Waals surface area (Å²) in [5, 5.41) is 3.31. The lowest BCUT2D eigenvalue weighted by molar-refractivity contribution is 0.242. The van der Waals surface area contributed by atoms with Gasteiger partial charge in [-0.1, -0.05) is 42.0 Å². The third-order valence-corrected chi connectivity index (χ3v) is 5.52. The number of fused-ring (bicyclic) bond motifs is 1. The van der Waals surface area contributed by atoms with E-state index >= 15 is 0 Å². The van der Waals surface area contributed by atoms with Gasteiger partial charge in [0.25, 0.3) is 5.56 Å². The minimum Gasteiger partial charge on any atom is -0.355 e. The molecular weight excluding hydrogens is 336 g/mol. The Morgan fingerprint density at radius 2 is 2.04 bits per heavy atom. The minimum absolute atomic E-state index is 0.00264. The van der Waals surface area contributed by atoms with E-state index in [0.29, 0.717) is 12.5 Å². The Bertz CT molecular complexity index is 856. The Labute approximate surface area is 160 Å². The van der Waals surface area contributed by atoms with Crippen molar-refractivity contribution < 1.29 is 0 Å².